The van der Waals surface area contributed by atoms with Gasteiger partial charge >= 0.3 is 0 Å². The summed E-state index contributed by atoms with van der Waals surface area (Å²) in [6.45, 7) is 3.51. The third-order valence-corrected chi connectivity index (χ3v) is 8.82. The average Bonchev–Trinajstić information content (AvgIpc) is 2.88. The molecule has 0 saturated heterocycles. The second kappa shape index (κ2) is 5.73. The Kier molecular flexibility index (Phi) is 4.04. The van der Waals surface area contributed by atoms with Gasteiger partial charge in [-0.2, -0.15) is 0 Å². The number of rotatable bonds is 2. The minimum absolute atomic E-state index is 0.0212. The predicted octanol–water partition coefficient (Wildman–Crippen LogP) is 1.78. The Morgan fingerprint density at radius 2 is 1.88 bits per heavy atom. The van der Waals surface area contributed by atoms with Crippen LogP contribution in [0.1, 0.15) is 58.8 Å². The number of hydrogen-bond donors (Lipinski definition) is 3. The summed E-state index contributed by atoms with van der Waals surface area (Å²) >= 11 is 0. The Labute approximate surface area is 154 Å². The van der Waals surface area contributed by atoms with Gasteiger partial charge in [-0.25, -0.2) is 0 Å². The molecule has 5 nitrogen and oxygen atoms in total. The normalized spacial score (nSPS) is 50.5. The lowest BCUT2D eigenvalue weighted by molar-refractivity contribution is -0.168. The summed E-state index contributed by atoms with van der Waals surface area (Å²) in [6.07, 6.45) is 5.79. The van der Waals surface area contributed by atoms with Crippen LogP contribution in [-0.4, -0.2) is 45.2 Å². The molecule has 0 spiro atoms. The van der Waals surface area contributed by atoms with Crippen molar-refractivity contribution < 1.29 is 24.9 Å². The van der Waals surface area contributed by atoms with Crippen molar-refractivity contribution >= 4 is 11.6 Å². The lowest BCUT2D eigenvalue weighted by Gasteiger charge is -2.59. The molecule has 4 aliphatic rings. The van der Waals surface area contributed by atoms with Crippen molar-refractivity contribution in [3.63, 3.8) is 0 Å². The first-order valence-corrected chi connectivity index (χ1v) is 9.97. The van der Waals surface area contributed by atoms with Gasteiger partial charge in [-0.3, -0.25) is 9.59 Å². The van der Waals surface area contributed by atoms with Crippen LogP contribution in [0.4, 0.5) is 0 Å². The molecule has 3 saturated carbocycles. The molecule has 0 aromatic rings. The van der Waals surface area contributed by atoms with Gasteiger partial charge in [0.2, 0.25) is 0 Å². The van der Waals surface area contributed by atoms with Crippen molar-refractivity contribution in [2.24, 2.45) is 28.6 Å². The smallest absolute Gasteiger partial charge is 0.190 e. The quantitative estimate of drug-likeness (QED) is 0.696. The summed E-state index contributed by atoms with van der Waals surface area (Å²) in [5.41, 5.74) is -1.23. The van der Waals surface area contributed by atoms with Gasteiger partial charge in [0.05, 0.1) is 6.10 Å². The van der Waals surface area contributed by atoms with Crippen molar-refractivity contribution in [2.75, 3.05) is 6.61 Å². The van der Waals surface area contributed by atoms with Crippen LogP contribution in [0.3, 0.4) is 0 Å². The van der Waals surface area contributed by atoms with Gasteiger partial charge in [-0.15, -0.1) is 0 Å². The summed E-state index contributed by atoms with van der Waals surface area (Å²) in [5, 5.41) is 31.4. The molecule has 7 atom stereocenters. The first-order valence-electron chi connectivity index (χ1n) is 9.97. The molecule has 5 heteroatoms. The zero-order valence-corrected chi connectivity index (χ0v) is 15.7. The SMILES string of the molecule is C[C@@]12C(=CC(=O)C[C@@H]1O)CC[C@@H]1[C@@H]2CC[C@@]2(C)[C@H]1CC[C@]2(O)C(=O)CO. The Bertz CT molecular complexity index is 684. The second-order valence-electron chi connectivity index (χ2n) is 9.49. The Hall–Kier alpha value is -1.04. The van der Waals surface area contributed by atoms with Crippen LogP contribution in [0.25, 0.3) is 0 Å². The maximum Gasteiger partial charge on any atom is 0.190 e. The average molecular weight is 362 g/mol. The second-order valence-corrected chi connectivity index (χ2v) is 9.49. The molecular weight excluding hydrogens is 332 g/mol. The maximum absolute atomic E-state index is 12.3. The van der Waals surface area contributed by atoms with E-state index in [-0.39, 0.29) is 29.5 Å². The first-order chi connectivity index (χ1) is 12.2. The van der Waals surface area contributed by atoms with E-state index in [1.54, 1.807) is 6.08 Å². The number of aliphatic hydroxyl groups is 3. The molecule has 0 unspecified atom stereocenters. The van der Waals surface area contributed by atoms with Gasteiger partial charge in [-0.1, -0.05) is 19.4 Å². The van der Waals surface area contributed by atoms with Gasteiger partial charge in [0, 0.05) is 17.3 Å². The summed E-state index contributed by atoms with van der Waals surface area (Å²) < 4.78 is 0. The Balaban J connectivity index is 1.71. The summed E-state index contributed by atoms with van der Waals surface area (Å²) in [7, 11) is 0. The summed E-state index contributed by atoms with van der Waals surface area (Å²) in [4.78, 5) is 24.3. The molecule has 0 radical (unpaired) electrons. The van der Waals surface area contributed by atoms with E-state index in [1.165, 1.54) is 0 Å². The fourth-order valence-corrected chi connectivity index (χ4v) is 7.21. The number of ketones is 2. The van der Waals surface area contributed by atoms with Crippen LogP contribution in [0.2, 0.25) is 0 Å². The Morgan fingerprint density at radius 3 is 2.58 bits per heavy atom. The van der Waals surface area contributed by atoms with Crippen molar-refractivity contribution in [2.45, 2.75) is 70.5 Å². The number of Topliss-reactive ketones (excluding diaryl/α,β-unsaturated/α-hetero) is 1. The van der Waals surface area contributed by atoms with E-state index >= 15 is 0 Å². The lowest BCUT2D eigenvalue weighted by Crippen LogP contribution is -2.59. The molecule has 4 rings (SSSR count). The van der Waals surface area contributed by atoms with Crippen molar-refractivity contribution in [1.82, 2.24) is 0 Å². The van der Waals surface area contributed by atoms with Crippen LogP contribution in [-0.2, 0) is 9.59 Å². The molecule has 0 aromatic carbocycles. The molecule has 26 heavy (non-hydrogen) atoms. The zero-order valence-electron chi connectivity index (χ0n) is 15.7. The fraction of sp³-hybridized carbons (Fsp3) is 0.810. The van der Waals surface area contributed by atoms with Gasteiger partial charge in [-0.05, 0) is 62.4 Å². The fourth-order valence-electron chi connectivity index (χ4n) is 7.21. The highest BCUT2D eigenvalue weighted by molar-refractivity contribution is 5.92. The molecule has 3 N–H and O–H groups in total. The van der Waals surface area contributed by atoms with Crippen molar-refractivity contribution in [1.29, 1.82) is 0 Å². The third-order valence-electron chi connectivity index (χ3n) is 8.82. The van der Waals surface area contributed by atoms with E-state index in [0.717, 1.165) is 31.3 Å². The molecule has 4 aliphatic carbocycles. The molecule has 3 fully saturated rings. The van der Waals surface area contributed by atoms with E-state index in [9.17, 15) is 24.9 Å². The molecule has 0 aromatic heterocycles. The van der Waals surface area contributed by atoms with E-state index < -0.39 is 29.5 Å². The van der Waals surface area contributed by atoms with E-state index in [4.69, 9.17) is 0 Å². The lowest BCUT2D eigenvalue weighted by atomic mass is 9.45. The number of fused-ring (bicyclic) bond motifs is 5. The third kappa shape index (κ3) is 2.08. The predicted molar refractivity (Wildman–Crippen MR) is 95.1 cm³/mol. The molecule has 144 valence electrons. The molecule has 0 heterocycles. The molecular formula is C21H30O5. The minimum atomic E-state index is -1.43. The van der Waals surface area contributed by atoms with Gasteiger partial charge < -0.3 is 15.3 Å². The van der Waals surface area contributed by atoms with E-state index in [2.05, 4.69) is 6.92 Å². The van der Waals surface area contributed by atoms with Crippen molar-refractivity contribution in [3.05, 3.63) is 11.6 Å². The van der Waals surface area contributed by atoms with E-state index in [1.807, 2.05) is 6.92 Å². The maximum atomic E-state index is 12.3. The standard InChI is InChI=1S/C21H30O5/c1-19-7-5-16-14(15(19)6-8-21(19,26)18(25)11-22)4-3-12-9-13(23)10-17(24)20(12,16)2/h9,14-17,22,24,26H,3-8,10-11H2,1-2H3/t14-,15-,16-,17-,19-,20-,21-/m0/s1. The molecule has 0 aliphatic heterocycles. The van der Waals surface area contributed by atoms with Gasteiger partial charge in [0.15, 0.2) is 11.6 Å². The van der Waals surface area contributed by atoms with Crippen LogP contribution in [0.5, 0.6) is 0 Å². The largest absolute Gasteiger partial charge is 0.392 e. The molecule has 0 bridgehead atoms. The first kappa shape index (κ1) is 18.3. The van der Waals surface area contributed by atoms with Gasteiger partial charge in [0.1, 0.15) is 12.2 Å². The van der Waals surface area contributed by atoms with Crippen LogP contribution < -0.4 is 0 Å². The van der Waals surface area contributed by atoms with Crippen molar-refractivity contribution in [3.8, 4) is 0 Å². The highest BCUT2D eigenvalue weighted by atomic mass is 16.3. The van der Waals surface area contributed by atoms with Crippen LogP contribution in [0, 0.1) is 28.6 Å². The number of hydrogen-bond acceptors (Lipinski definition) is 5. The summed E-state index contributed by atoms with van der Waals surface area (Å²) in [6, 6.07) is 0. The Morgan fingerprint density at radius 1 is 1.19 bits per heavy atom. The number of carbonyl (C=O) groups excluding carboxylic acids is 2. The van der Waals surface area contributed by atoms with Crippen LogP contribution >= 0.6 is 0 Å². The number of aliphatic hydroxyl groups excluding tert-OH is 2. The summed E-state index contributed by atoms with van der Waals surface area (Å²) in [5.74, 6) is 0.388. The number of carbonyl (C=O) groups is 2. The minimum Gasteiger partial charge on any atom is -0.392 e. The van der Waals surface area contributed by atoms with Crippen LogP contribution in [0.15, 0.2) is 11.6 Å². The van der Waals surface area contributed by atoms with Gasteiger partial charge in [0.25, 0.3) is 0 Å². The molecule has 0 amide bonds. The zero-order chi connectivity index (χ0) is 18.9. The highest BCUT2D eigenvalue weighted by Crippen LogP contribution is 2.67. The highest BCUT2D eigenvalue weighted by Gasteiger charge is 2.66. The monoisotopic (exact) mass is 362 g/mol. The topological polar surface area (TPSA) is 94.8 Å². The van der Waals surface area contributed by atoms with E-state index in [0.29, 0.717) is 18.8 Å².